The average molecular weight is 489 g/mol. The normalized spacial score (nSPS) is 15.1. The van der Waals surface area contributed by atoms with Crippen LogP contribution in [0.5, 0.6) is 0 Å². The molecule has 34 heavy (non-hydrogen) atoms. The first kappa shape index (κ1) is 25.6. The van der Waals surface area contributed by atoms with Crippen LogP contribution in [0, 0.1) is 5.92 Å². The van der Waals surface area contributed by atoms with Gasteiger partial charge in [-0.3, -0.25) is 9.52 Å². The predicted octanol–water partition coefficient (Wildman–Crippen LogP) is 4.26. The molecule has 0 aromatic heterocycles. The van der Waals surface area contributed by atoms with Crippen LogP contribution in [-0.2, 0) is 25.0 Å². The van der Waals surface area contributed by atoms with Gasteiger partial charge < -0.3 is 14.7 Å². The summed E-state index contributed by atoms with van der Waals surface area (Å²) in [7, 11) is -3.89. The van der Waals surface area contributed by atoms with E-state index in [0.29, 0.717) is 38.2 Å². The number of carboxylic acid groups (broad SMARTS) is 1. The van der Waals surface area contributed by atoms with Crippen LogP contribution >= 0.6 is 0 Å². The zero-order valence-electron chi connectivity index (χ0n) is 20.0. The largest absolute Gasteiger partial charge is 0.478 e. The van der Waals surface area contributed by atoms with Gasteiger partial charge in [0.2, 0.25) is 0 Å². The lowest BCUT2D eigenvalue weighted by Gasteiger charge is -2.33. The number of nitrogens with one attached hydrogen (secondary N) is 1. The number of nitrogens with zero attached hydrogens (tertiary/aromatic N) is 1. The van der Waals surface area contributed by atoms with Crippen LogP contribution in [0.1, 0.15) is 56.5 Å². The van der Waals surface area contributed by atoms with Crippen molar-refractivity contribution >= 4 is 33.3 Å². The SMILES string of the molecule is CCOC(=O)C1CCN(c2ccc(NS(=O)(=O)c3ccc(C(C)(C)C)cc3)cc2C(=O)O)CC1. The maximum Gasteiger partial charge on any atom is 0.337 e. The molecule has 1 fully saturated rings. The fourth-order valence-electron chi connectivity index (χ4n) is 4.01. The Balaban J connectivity index is 1.78. The molecule has 0 saturated carbocycles. The molecular weight excluding hydrogens is 456 g/mol. The first-order chi connectivity index (χ1) is 15.9. The number of hydrogen-bond donors (Lipinski definition) is 2. The highest BCUT2D eigenvalue weighted by molar-refractivity contribution is 7.92. The van der Waals surface area contributed by atoms with Crippen molar-refractivity contribution in [3.63, 3.8) is 0 Å². The van der Waals surface area contributed by atoms with Gasteiger partial charge in [-0.15, -0.1) is 0 Å². The van der Waals surface area contributed by atoms with E-state index in [2.05, 4.69) is 4.72 Å². The van der Waals surface area contributed by atoms with E-state index in [-0.39, 0.29) is 33.4 Å². The quantitative estimate of drug-likeness (QED) is 0.560. The monoisotopic (exact) mass is 488 g/mol. The van der Waals surface area contributed by atoms with Gasteiger partial charge in [0, 0.05) is 18.8 Å². The van der Waals surface area contributed by atoms with Crippen LogP contribution in [0.3, 0.4) is 0 Å². The number of anilines is 2. The molecule has 0 atom stereocenters. The van der Waals surface area contributed by atoms with E-state index >= 15 is 0 Å². The molecule has 2 aromatic carbocycles. The zero-order chi connectivity index (χ0) is 25.1. The van der Waals surface area contributed by atoms with Gasteiger partial charge in [0.15, 0.2) is 0 Å². The molecule has 184 valence electrons. The number of carbonyl (C=O) groups is 2. The van der Waals surface area contributed by atoms with Crippen molar-refractivity contribution in [2.45, 2.75) is 50.8 Å². The summed E-state index contributed by atoms with van der Waals surface area (Å²) in [6.45, 7) is 9.25. The highest BCUT2D eigenvalue weighted by Gasteiger charge is 2.28. The fraction of sp³-hybridized carbons (Fsp3) is 0.440. The first-order valence-corrected chi connectivity index (χ1v) is 12.8. The summed E-state index contributed by atoms with van der Waals surface area (Å²) in [4.78, 5) is 25.9. The van der Waals surface area contributed by atoms with Gasteiger partial charge in [-0.25, -0.2) is 13.2 Å². The van der Waals surface area contributed by atoms with E-state index in [1.165, 1.54) is 6.07 Å². The number of carbonyl (C=O) groups excluding carboxylic acids is 1. The summed E-state index contributed by atoms with van der Waals surface area (Å²) >= 11 is 0. The standard InChI is InChI=1S/C25H32N2O6S/c1-5-33-24(30)17-12-14-27(15-13-17)22-11-8-19(16-21(22)23(28)29)26-34(31,32)20-9-6-18(7-10-20)25(2,3)4/h6-11,16-17,26H,5,12-15H2,1-4H3,(H,28,29). The van der Waals surface area contributed by atoms with Crippen LogP contribution in [0.2, 0.25) is 0 Å². The predicted molar refractivity (Wildman–Crippen MR) is 131 cm³/mol. The molecule has 9 heteroatoms. The molecular formula is C25H32N2O6S. The van der Waals surface area contributed by atoms with E-state index in [1.54, 1.807) is 43.3 Å². The van der Waals surface area contributed by atoms with Gasteiger partial charge in [0.1, 0.15) is 0 Å². The van der Waals surface area contributed by atoms with Crippen molar-refractivity contribution in [3.8, 4) is 0 Å². The summed E-state index contributed by atoms with van der Waals surface area (Å²) < 4.78 is 33.3. The van der Waals surface area contributed by atoms with Crippen molar-refractivity contribution in [2.75, 3.05) is 29.3 Å². The third-order valence-corrected chi connectivity index (χ3v) is 7.36. The minimum absolute atomic E-state index is 0.00198. The number of ether oxygens (including phenoxy) is 1. The minimum atomic E-state index is -3.89. The van der Waals surface area contributed by atoms with Gasteiger partial charge >= 0.3 is 11.9 Å². The molecule has 2 N–H and O–H groups in total. The van der Waals surface area contributed by atoms with Crippen LogP contribution in [0.25, 0.3) is 0 Å². The minimum Gasteiger partial charge on any atom is -0.478 e. The molecule has 0 spiro atoms. The van der Waals surface area contributed by atoms with Gasteiger partial charge in [-0.2, -0.15) is 0 Å². The molecule has 1 aliphatic rings. The van der Waals surface area contributed by atoms with Crippen molar-refractivity contribution < 1.29 is 27.9 Å². The lowest BCUT2D eigenvalue weighted by Crippen LogP contribution is -2.37. The Morgan fingerprint density at radius 2 is 1.71 bits per heavy atom. The Morgan fingerprint density at radius 3 is 2.24 bits per heavy atom. The maximum absolute atomic E-state index is 12.9. The second-order valence-electron chi connectivity index (χ2n) is 9.43. The van der Waals surface area contributed by atoms with Crippen molar-refractivity contribution in [3.05, 3.63) is 53.6 Å². The second kappa shape index (κ2) is 10.0. The van der Waals surface area contributed by atoms with Gasteiger partial charge in [0.25, 0.3) is 10.0 Å². The average Bonchev–Trinajstić information content (AvgIpc) is 2.78. The zero-order valence-corrected chi connectivity index (χ0v) is 20.8. The van der Waals surface area contributed by atoms with Crippen molar-refractivity contribution in [1.82, 2.24) is 0 Å². The third kappa shape index (κ3) is 5.88. The molecule has 2 aromatic rings. The molecule has 8 nitrogen and oxygen atoms in total. The third-order valence-electron chi connectivity index (χ3n) is 5.97. The number of rotatable bonds is 7. The fourth-order valence-corrected chi connectivity index (χ4v) is 5.06. The first-order valence-electron chi connectivity index (χ1n) is 11.3. The van der Waals surface area contributed by atoms with E-state index in [0.717, 1.165) is 5.56 Å². The maximum atomic E-state index is 12.9. The number of hydrogen-bond acceptors (Lipinski definition) is 6. The van der Waals surface area contributed by atoms with Crippen LogP contribution < -0.4 is 9.62 Å². The number of aromatic carboxylic acids is 1. The molecule has 0 aliphatic carbocycles. The Kier molecular flexibility index (Phi) is 7.55. The summed E-state index contributed by atoms with van der Waals surface area (Å²) in [5.74, 6) is -1.57. The van der Waals surface area contributed by atoms with Gasteiger partial charge in [0.05, 0.1) is 28.7 Å². The lowest BCUT2D eigenvalue weighted by atomic mass is 9.87. The van der Waals surface area contributed by atoms with E-state index < -0.39 is 16.0 Å². The topological polar surface area (TPSA) is 113 Å². The molecule has 0 bridgehead atoms. The summed E-state index contributed by atoms with van der Waals surface area (Å²) in [6.07, 6.45) is 1.13. The van der Waals surface area contributed by atoms with Crippen molar-refractivity contribution in [1.29, 1.82) is 0 Å². The Labute approximate surface area is 201 Å². The van der Waals surface area contributed by atoms with Crippen molar-refractivity contribution in [2.24, 2.45) is 5.92 Å². The Hall–Kier alpha value is -3.07. The molecule has 3 rings (SSSR count). The van der Waals surface area contributed by atoms with E-state index in [9.17, 15) is 23.1 Å². The van der Waals surface area contributed by atoms with Crippen LogP contribution in [0.15, 0.2) is 47.4 Å². The number of piperidine rings is 1. The Bertz CT molecular complexity index is 1140. The highest BCUT2D eigenvalue weighted by Crippen LogP contribution is 2.30. The van der Waals surface area contributed by atoms with Crippen LogP contribution in [0.4, 0.5) is 11.4 Å². The van der Waals surface area contributed by atoms with Gasteiger partial charge in [-0.05, 0) is 61.1 Å². The number of benzene rings is 2. The van der Waals surface area contributed by atoms with E-state index in [1.807, 2.05) is 25.7 Å². The van der Waals surface area contributed by atoms with Crippen LogP contribution in [-0.4, -0.2) is 45.2 Å². The summed E-state index contributed by atoms with van der Waals surface area (Å²) in [6, 6.07) is 11.1. The summed E-state index contributed by atoms with van der Waals surface area (Å²) in [5.41, 5.74) is 1.57. The Morgan fingerprint density at radius 1 is 1.09 bits per heavy atom. The molecule has 0 unspecified atom stereocenters. The number of carboxylic acids is 1. The lowest BCUT2D eigenvalue weighted by molar-refractivity contribution is -0.148. The molecule has 0 radical (unpaired) electrons. The van der Waals surface area contributed by atoms with E-state index in [4.69, 9.17) is 4.74 Å². The molecule has 0 amide bonds. The smallest absolute Gasteiger partial charge is 0.337 e. The van der Waals surface area contributed by atoms with Gasteiger partial charge in [-0.1, -0.05) is 32.9 Å². The summed E-state index contributed by atoms with van der Waals surface area (Å²) in [5, 5.41) is 9.78. The number of esters is 1. The molecule has 1 heterocycles. The second-order valence-corrected chi connectivity index (χ2v) is 11.1. The molecule has 1 saturated heterocycles. The molecule has 1 aliphatic heterocycles. The number of sulfonamides is 1. The highest BCUT2D eigenvalue weighted by atomic mass is 32.2.